The molecule has 0 saturated carbocycles. The largest absolute Gasteiger partial charge is 0.496 e. The van der Waals surface area contributed by atoms with Crippen molar-refractivity contribution >= 4 is 34.4 Å². The van der Waals surface area contributed by atoms with E-state index in [0.29, 0.717) is 29.4 Å². The van der Waals surface area contributed by atoms with Gasteiger partial charge in [-0.05, 0) is 24.6 Å². The lowest BCUT2D eigenvalue weighted by Crippen LogP contribution is -2.28. The molecule has 0 spiro atoms. The summed E-state index contributed by atoms with van der Waals surface area (Å²) in [5.41, 5.74) is 1.11. The smallest absolute Gasteiger partial charge is 0.255 e. The number of amides is 1. The molecular weight excluding hydrogens is 368 g/mol. The van der Waals surface area contributed by atoms with Gasteiger partial charge in [-0.25, -0.2) is 14.6 Å². The van der Waals surface area contributed by atoms with Gasteiger partial charge < -0.3 is 15.4 Å². The number of ether oxygens (including phenoxy) is 1. The van der Waals surface area contributed by atoms with Crippen molar-refractivity contribution in [1.82, 2.24) is 25.1 Å². The Balaban J connectivity index is 1.67. The number of nitrogens with zero attached hydrogens (tertiary/aromatic N) is 4. The fraction of sp³-hybridized carbons (Fsp3) is 0.333. The minimum Gasteiger partial charge on any atom is -0.496 e. The summed E-state index contributed by atoms with van der Waals surface area (Å²) in [7, 11) is 1.51. The first-order chi connectivity index (χ1) is 13.1. The van der Waals surface area contributed by atoms with Gasteiger partial charge >= 0.3 is 0 Å². The summed E-state index contributed by atoms with van der Waals surface area (Å²) in [4.78, 5) is 21.0. The molecule has 0 saturated heterocycles. The number of carbonyl (C=O) groups is 1. The summed E-state index contributed by atoms with van der Waals surface area (Å²) >= 11 is 5.98. The van der Waals surface area contributed by atoms with Crippen LogP contribution in [0, 0.1) is 0 Å². The van der Waals surface area contributed by atoms with E-state index in [1.54, 1.807) is 29.1 Å². The molecule has 2 aromatic heterocycles. The second kappa shape index (κ2) is 8.68. The van der Waals surface area contributed by atoms with Crippen LogP contribution in [0.5, 0.6) is 5.75 Å². The molecule has 0 fully saturated rings. The number of anilines is 1. The average Bonchev–Trinajstić information content (AvgIpc) is 3.10. The number of halogens is 1. The minimum atomic E-state index is -0.259. The molecule has 3 rings (SSSR count). The van der Waals surface area contributed by atoms with E-state index in [1.165, 1.54) is 13.4 Å². The van der Waals surface area contributed by atoms with Crippen LogP contribution in [0.2, 0.25) is 5.02 Å². The summed E-state index contributed by atoms with van der Waals surface area (Å²) < 4.78 is 6.96. The van der Waals surface area contributed by atoms with Crippen LogP contribution in [-0.2, 0) is 6.54 Å². The SMILES string of the molecule is CCCNc1ncnc2c1cnn2CCNC(=O)c1cc(Cl)ccc1OC. The lowest BCUT2D eigenvalue weighted by molar-refractivity contribution is 0.0949. The highest BCUT2D eigenvalue weighted by molar-refractivity contribution is 6.31. The van der Waals surface area contributed by atoms with Gasteiger partial charge in [0.25, 0.3) is 5.91 Å². The van der Waals surface area contributed by atoms with Crippen LogP contribution in [0.3, 0.4) is 0 Å². The number of carbonyl (C=O) groups excluding carboxylic acids is 1. The van der Waals surface area contributed by atoms with E-state index in [0.717, 1.165) is 29.8 Å². The fourth-order valence-electron chi connectivity index (χ4n) is 2.67. The van der Waals surface area contributed by atoms with E-state index in [1.807, 2.05) is 0 Å². The Morgan fingerprint density at radius 2 is 2.15 bits per heavy atom. The molecule has 0 aliphatic heterocycles. The fourth-order valence-corrected chi connectivity index (χ4v) is 2.84. The molecule has 0 radical (unpaired) electrons. The van der Waals surface area contributed by atoms with Gasteiger partial charge in [0, 0.05) is 18.1 Å². The monoisotopic (exact) mass is 388 g/mol. The zero-order chi connectivity index (χ0) is 19.2. The van der Waals surface area contributed by atoms with Gasteiger partial charge in [0.15, 0.2) is 5.65 Å². The zero-order valence-electron chi connectivity index (χ0n) is 15.2. The number of hydrogen-bond donors (Lipinski definition) is 2. The Hall–Kier alpha value is -2.87. The molecule has 0 aliphatic carbocycles. The number of fused-ring (bicyclic) bond motifs is 1. The van der Waals surface area contributed by atoms with E-state index in [4.69, 9.17) is 16.3 Å². The number of methoxy groups -OCH3 is 1. The maximum absolute atomic E-state index is 12.4. The van der Waals surface area contributed by atoms with Crippen molar-refractivity contribution in [1.29, 1.82) is 0 Å². The third-order valence-electron chi connectivity index (χ3n) is 3.99. The van der Waals surface area contributed by atoms with Crippen LogP contribution in [-0.4, -0.2) is 45.9 Å². The van der Waals surface area contributed by atoms with Crippen LogP contribution >= 0.6 is 11.6 Å². The summed E-state index contributed by atoms with van der Waals surface area (Å²) in [6, 6.07) is 4.93. The molecule has 142 valence electrons. The molecule has 9 heteroatoms. The lowest BCUT2D eigenvalue weighted by atomic mass is 10.2. The van der Waals surface area contributed by atoms with Crippen molar-refractivity contribution < 1.29 is 9.53 Å². The van der Waals surface area contributed by atoms with Gasteiger partial charge in [0.05, 0.1) is 30.8 Å². The van der Waals surface area contributed by atoms with Crippen molar-refractivity contribution in [2.45, 2.75) is 19.9 Å². The third kappa shape index (κ3) is 4.28. The number of nitrogens with one attached hydrogen (secondary N) is 2. The van der Waals surface area contributed by atoms with Crippen molar-refractivity contribution in [2.75, 3.05) is 25.5 Å². The van der Waals surface area contributed by atoms with Gasteiger partial charge in [-0.2, -0.15) is 5.10 Å². The molecule has 1 amide bonds. The van der Waals surface area contributed by atoms with Gasteiger partial charge in [0.1, 0.15) is 17.9 Å². The van der Waals surface area contributed by atoms with Gasteiger partial charge in [0.2, 0.25) is 0 Å². The highest BCUT2D eigenvalue weighted by Crippen LogP contribution is 2.22. The van der Waals surface area contributed by atoms with Crippen molar-refractivity contribution in [3.63, 3.8) is 0 Å². The molecule has 1 aromatic carbocycles. The maximum atomic E-state index is 12.4. The molecule has 0 bridgehead atoms. The van der Waals surface area contributed by atoms with Crippen LogP contribution in [0.4, 0.5) is 5.82 Å². The van der Waals surface area contributed by atoms with Gasteiger partial charge in [-0.15, -0.1) is 0 Å². The number of rotatable bonds is 8. The van der Waals surface area contributed by atoms with Crippen LogP contribution in [0.1, 0.15) is 23.7 Å². The molecule has 0 aliphatic rings. The molecule has 0 atom stereocenters. The van der Waals surface area contributed by atoms with Gasteiger partial charge in [-0.3, -0.25) is 4.79 Å². The summed E-state index contributed by atoms with van der Waals surface area (Å²) in [5, 5.41) is 11.8. The van der Waals surface area contributed by atoms with Crippen LogP contribution in [0.15, 0.2) is 30.7 Å². The Bertz CT molecular complexity index is 943. The first kappa shape index (κ1) is 18.9. The highest BCUT2D eigenvalue weighted by Gasteiger charge is 2.13. The van der Waals surface area contributed by atoms with E-state index in [9.17, 15) is 4.79 Å². The van der Waals surface area contributed by atoms with E-state index < -0.39 is 0 Å². The maximum Gasteiger partial charge on any atom is 0.255 e. The van der Waals surface area contributed by atoms with E-state index in [-0.39, 0.29) is 5.91 Å². The molecule has 27 heavy (non-hydrogen) atoms. The minimum absolute atomic E-state index is 0.259. The zero-order valence-corrected chi connectivity index (χ0v) is 16.0. The summed E-state index contributed by atoms with van der Waals surface area (Å²) in [6.07, 6.45) is 4.24. The standard InChI is InChI=1S/C18H21ClN6O2/c1-3-6-20-16-14-10-24-25(17(14)23-11-22-16)8-7-21-18(26)13-9-12(19)4-5-15(13)27-2/h4-5,9-11H,3,6-8H2,1-2H3,(H,21,26)(H,20,22,23). The second-order valence-corrected chi connectivity index (χ2v) is 6.29. The number of hydrogen-bond acceptors (Lipinski definition) is 6. The first-order valence-corrected chi connectivity index (χ1v) is 9.04. The second-order valence-electron chi connectivity index (χ2n) is 5.85. The van der Waals surface area contributed by atoms with E-state index in [2.05, 4.69) is 32.6 Å². The predicted molar refractivity (Wildman–Crippen MR) is 104 cm³/mol. The normalized spacial score (nSPS) is 10.8. The molecule has 2 heterocycles. The number of aromatic nitrogens is 4. The Morgan fingerprint density at radius 3 is 2.93 bits per heavy atom. The van der Waals surface area contributed by atoms with Crippen molar-refractivity contribution in [2.24, 2.45) is 0 Å². The summed E-state index contributed by atoms with van der Waals surface area (Å²) in [6.45, 7) is 3.77. The number of benzene rings is 1. The third-order valence-corrected chi connectivity index (χ3v) is 4.23. The van der Waals surface area contributed by atoms with Crippen molar-refractivity contribution in [3.8, 4) is 5.75 Å². The molecular formula is C18H21ClN6O2. The highest BCUT2D eigenvalue weighted by atomic mass is 35.5. The lowest BCUT2D eigenvalue weighted by Gasteiger charge is -2.10. The Labute approximate surface area is 161 Å². The predicted octanol–water partition coefficient (Wildman–Crippen LogP) is 2.74. The molecule has 0 unspecified atom stereocenters. The summed E-state index contributed by atoms with van der Waals surface area (Å²) in [5.74, 6) is 0.979. The van der Waals surface area contributed by atoms with Crippen LogP contribution < -0.4 is 15.4 Å². The van der Waals surface area contributed by atoms with E-state index >= 15 is 0 Å². The quantitative estimate of drug-likeness (QED) is 0.616. The van der Waals surface area contributed by atoms with Crippen molar-refractivity contribution in [3.05, 3.63) is 41.3 Å². The first-order valence-electron chi connectivity index (χ1n) is 8.66. The molecule has 8 nitrogen and oxygen atoms in total. The average molecular weight is 389 g/mol. The molecule has 2 N–H and O–H groups in total. The molecule has 3 aromatic rings. The Kier molecular flexibility index (Phi) is 6.08. The Morgan fingerprint density at radius 1 is 1.30 bits per heavy atom. The van der Waals surface area contributed by atoms with Gasteiger partial charge in [-0.1, -0.05) is 18.5 Å². The topological polar surface area (TPSA) is 94.0 Å². The van der Waals surface area contributed by atoms with Crippen LogP contribution in [0.25, 0.3) is 11.0 Å².